The fourth-order valence-electron chi connectivity index (χ4n) is 2.55. The molecule has 1 heterocycles. The number of methoxy groups -OCH3 is 1. The van der Waals surface area contributed by atoms with E-state index in [4.69, 9.17) is 14.5 Å². The zero-order valence-electron chi connectivity index (χ0n) is 13.1. The minimum absolute atomic E-state index is 0.159. The van der Waals surface area contributed by atoms with Gasteiger partial charge in [-0.25, -0.2) is 4.57 Å². The summed E-state index contributed by atoms with van der Waals surface area (Å²) < 4.78 is 20.9. The summed E-state index contributed by atoms with van der Waals surface area (Å²) in [5, 5.41) is 0.960. The number of pyridine rings is 1. The Hall–Kier alpha value is -2.40. The van der Waals surface area contributed by atoms with E-state index in [0.717, 1.165) is 27.8 Å². The van der Waals surface area contributed by atoms with Gasteiger partial charge in [-0.3, -0.25) is 14.8 Å². The molecule has 2 aromatic carbocycles. The molecule has 3 aromatic rings. The molecule has 0 spiro atoms. The van der Waals surface area contributed by atoms with Crippen LogP contribution in [0, 0.1) is 6.92 Å². The van der Waals surface area contributed by atoms with E-state index in [9.17, 15) is 4.57 Å². The third-order valence-electron chi connectivity index (χ3n) is 3.65. The van der Waals surface area contributed by atoms with Crippen molar-refractivity contribution in [3.05, 3.63) is 54.2 Å². The number of fused-ring (bicyclic) bond motifs is 1. The Morgan fingerprint density at radius 1 is 1.08 bits per heavy atom. The van der Waals surface area contributed by atoms with Gasteiger partial charge in [0.2, 0.25) is 0 Å². The minimum Gasteiger partial charge on any atom is -0.497 e. The van der Waals surface area contributed by atoms with Crippen LogP contribution < -0.4 is 9.26 Å². The highest BCUT2D eigenvalue weighted by Gasteiger charge is 2.17. The molecule has 1 aromatic heterocycles. The molecule has 0 saturated carbocycles. The van der Waals surface area contributed by atoms with E-state index in [0.29, 0.717) is 5.56 Å². The second-order valence-corrected chi connectivity index (χ2v) is 6.47. The molecule has 0 bridgehead atoms. The molecular formula is C17H16NO5P. The molecule has 0 atom stereocenters. The summed E-state index contributed by atoms with van der Waals surface area (Å²) >= 11 is 0. The van der Waals surface area contributed by atoms with Crippen molar-refractivity contribution in [2.24, 2.45) is 0 Å². The van der Waals surface area contributed by atoms with Crippen LogP contribution in [0.25, 0.3) is 22.0 Å². The van der Waals surface area contributed by atoms with Crippen LogP contribution in [0.15, 0.2) is 48.7 Å². The molecule has 3 rings (SSSR count). The number of benzene rings is 2. The van der Waals surface area contributed by atoms with Gasteiger partial charge in [0.25, 0.3) is 0 Å². The highest BCUT2D eigenvalue weighted by Crippen LogP contribution is 2.40. The minimum atomic E-state index is -4.57. The van der Waals surface area contributed by atoms with Gasteiger partial charge in [0.15, 0.2) is 0 Å². The van der Waals surface area contributed by atoms with E-state index in [-0.39, 0.29) is 5.75 Å². The number of phosphoric ester groups is 1. The van der Waals surface area contributed by atoms with Gasteiger partial charge in [0.05, 0.1) is 12.6 Å². The summed E-state index contributed by atoms with van der Waals surface area (Å²) in [5.74, 6) is 0.890. The first kappa shape index (κ1) is 16.5. The number of ether oxygens (including phenoxy) is 1. The number of aryl methyl sites for hydroxylation is 1. The Morgan fingerprint density at radius 2 is 1.88 bits per heavy atom. The molecule has 124 valence electrons. The molecule has 0 aliphatic rings. The zero-order chi connectivity index (χ0) is 17.3. The molecule has 6 nitrogen and oxygen atoms in total. The average Bonchev–Trinajstić information content (AvgIpc) is 2.54. The van der Waals surface area contributed by atoms with Crippen molar-refractivity contribution in [3.8, 4) is 22.6 Å². The molecule has 0 unspecified atom stereocenters. The quantitative estimate of drug-likeness (QED) is 0.701. The summed E-state index contributed by atoms with van der Waals surface area (Å²) in [6.07, 6.45) is 1.71. The maximum atomic E-state index is 11.0. The van der Waals surface area contributed by atoms with Crippen molar-refractivity contribution in [1.29, 1.82) is 0 Å². The van der Waals surface area contributed by atoms with Crippen LogP contribution in [0.1, 0.15) is 5.56 Å². The lowest BCUT2D eigenvalue weighted by Gasteiger charge is -2.12. The molecular weight excluding hydrogens is 329 g/mol. The normalized spacial score (nSPS) is 11.5. The first-order valence-electron chi connectivity index (χ1n) is 7.16. The van der Waals surface area contributed by atoms with Crippen LogP contribution in [-0.2, 0) is 4.57 Å². The van der Waals surface area contributed by atoms with Crippen LogP contribution in [-0.4, -0.2) is 21.9 Å². The predicted molar refractivity (Wildman–Crippen MR) is 91.1 cm³/mol. The third-order valence-corrected chi connectivity index (χ3v) is 4.09. The van der Waals surface area contributed by atoms with Crippen molar-refractivity contribution in [2.75, 3.05) is 7.11 Å². The van der Waals surface area contributed by atoms with Crippen molar-refractivity contribution in [3.63, 3.8) is 0 Å². The third kappa shape index (κ3) is 3.41. The Morgan fingerprint density at radius 3 is 2.54 bits per heavy atom. The van der Waals surface area contributed by atoms with E-state index < -0.39 is 7.82 Å². The second kappa shape index (κ2) is 6.24. The Labute approximate surface area is 138 Å². The lowest BCUT2D eigenvalue weighted by Crippen LogP contribution is -1.93. The van der Waals surface area contributed by atoms with Gasteiger partial charge in [-0.1, -0.05) is 6.07 Å². The lowest BCUT2D eigenvalue weighted by atomic mass is 9.99. The van der Waals surface area contributed by atoms with Gasteiger partial charge in [-0.05, 0) is 53.9 Å². The van der Waals surface area contributed by atoms with Crippen LogP contribution in [0.2, 0.25) is 0 Å². The fraction of sp³-hybridized carbons (Fsp3) is 0.118. The van der Waals surface area contributed by atoms with Gasteiger partial charge in [-0.2, -0.15) is 0 Å². The molecule has 0 aliphatic heterocycles. The highest BCUT2D eigenvalue weighted by atomic mass is 31.2. The second-order valence-electron chi connectivity index (χ2n) is 5.30. The first-order chi connectivity index (χ1) is 11.4. The van der Waals surface area contributed by atoms with Crippen LogP contribution >= 0.6 is 7.82 Å². The number of nitrogens with zero attached hydrogens (tertiary/aromatic N) is 1. The molecule has 0 aliphatic carbocycles. The molecule has 0 saturated heterocycles. The molecule has 7 heteroatoms. The SMILES string of the molecule is COc1ccc2c(-c3ccc(OP(=O)(O)O)c(C)c3)ccnc2c1. The van der Waals surface area contributed by atoms with Gasteiger partial charge in [0, 0.05) is 17.6 Å². The standard InChI is InChI=1S/C17H16NO5P/c1-11-9-12(3-6-17(11)23-24(19,20)21)14-7-8-18-16-10-13(22-2)4-5-15(14)16/h3-10H,1-2H3,(H2,19,20,21). The van der Waals surface area contributed by atoms with E-state index in [1.807, 2.05) is 30.3 Å². The number of hydrogen-bond acceptors (Lipinski definition) is 4. The predicted octanol–water partition coefficient (Wildman–Crippen LogP) is 3.69. The van der Waals surface area contributed by atoms with E-state index in [1.54, 1.807) is 32.4 Å². The van der Waals surface area contributed by atoms with Crippen molar-refractivity contribution in [1.82, 2.24) is 4.98 Å². The van der Waals surface area contributed by atoms with Crippen LogP contribution in [0.3, 0.4) is 0 Å². The average molecular weight is 345 g/mol. The summed E-state index contributed by atoms with van der Waals surface area (Å²) in [6.45, 7) is 1.74. The lowest BCUT2D eigenvalue weighted by molar-refractivity contribution is 0.282. The van der Waals surface area contributed by atoms with Gasteiger partial charge in [-0.15, -0.1) is 0 Å². The van der Waals surface area contributed by atoms with Gasteiger partial charge >= 0.3 is 7.82 Å². The number of hydrogen-bond donors (Lipinski definition) is 2. The molecule has 0 radical (unpaired) electrons. The summed E-state index contributed by atoms with van der Waals surface area (Å²) in [6, 6.07) is 12.7. The largest absolute Gasteiger partial charge is 0.524 e. The highest BCUT2D eigenvalue weighted by molar-refractivity contribution is 7.46. The van der Waals surface area contributed by atoms with Crippen molar-refractivity contribution >= 4 is 18.7 Å². The van der Waals surface area contributed by atoms with Crippen molar-refractivity contribution < 1.29 is 23.6 Å². The van der Waals surface area contributed by atoms with E-state index in [2.05, 4.69) is 9.51 Å². The Kier molecular flexibility index (Phi) is 4.28. The van der Waals surface area contributed by atoms with E-state index in [1.165, 1.54) is 0 Å². The fourth-order valence-corrected chi connectivity index (χ4v) is 3.02. The molecule has 0 fully saturated rings. The summed E-state index contributed by atoms with van der Waals surface area (Å²) in [7, 11) is -2.97. The van der Waals surface area contributed by atoms with Crippen LogP contribution in [0.5, 0.6) is 11.5 Å². The summed E-state index contributed by atoms with van der Waals surface area (Å²) in [5.41, 5.74) is 3.31. The van der Waals surface area contributed by atoms with Gasteiger partial charge < -0.3 is 9.26 Å². The first-order valence-corrected chi connectivity index (χ1v) is 8.69. The topological polar surface area (TPSA) is 88.9 Å². The molecule has 24 heavy (non-hydrogen) atoms. The van der Waals surface area contributed by atoms with Crippen LogP contribution in [0.4, 0.5) is 0 Å². The smallest absolute Gasteiger partial charge is 0.497 e. The number of rotatable bonds is 4. The number of aromatic nitrogens is 1. The zero-order valence-corrected chi connectivity index (χ0v) is 14.0. The molecule has 2 N–H and O–H groups in total. The van der Waals surface area contributed by atoms with Gasteiger partial charge in [0.1, 0.15) is 11.5 Å². The maximum Gasteiger partial charge on any atom is 0.524 e. The monoisotopic (exact) mass is 345 g/mol. The summed E-state index contributed by atoms with van der Waals surface area (Å²) in [4.78, 5) is 22.2. The molecule has 0 amide bonds. The maximum absolute atomic E-state index is 11.0. The Balaban J connectivity index is 2.08. The van der Waals surface area contributed by atoms with E-state index >= 15 is 0 Å². The number of phosphoric acid groups is 1. The van der Waals surface area contributed by atoms with Crippen molar-refractivity contribution in [2.45, 2.75) is 6.92 Å². The Bertz CT molecular complexity index is 951.